The normalized spacial score (nSPS) is 15.3. The van der Waals surface area contributed by atoms with Gasteiger partial charge in [0.15, 0.2) is 0 Å². The summed E-state index contributed by atoms with van der Waals surface area (Å²) in [6.45, 7) is 1.58. The highest BCUT2D eigenvalue weighted by Crippen LogP contribution is 2.40. The number of alkyl halides is 3. The molecular formula is C18H18BrF3N2O7. The van der Waals surface area contributed by atoms with Crippen LogP contribution in [-0.4, -0.2) is 60.4 Å². The number of rotatable bonds is 8. The molecule has 1 aromatic rings. The zero-order valence-corrected chi connectivity index (χ0v) is 18.0. The van der Waals surface area contributed by atoms with Crippen LogP contribution in [0.5, 0.6) is 5.75 Å². The van der Waals surface area contributed by atoms with Crippen LogP contribution in [0.15, 0.2) is 22.2 Å². The van der Waals surface area contributed by atoms with E-state index < -0.39 is 48.0 Å². The van der Waals surface area contributed by atoms with Gasteiger partial charge >= 0.3 is 12.1 Å². The molecule has 13 heteroatoms. The van der Waals surface area contributed by atoms with Gasteiger partial charge in [0.05, 0.1) is 12.1 Å². The average Bonchev–Trinajstić information content (AvgIpc) is 2.64. The number of esters is 1. The van der Waals surface area contributed by atoms with Crippen LogP contribution in [0.1, 0.15) is 18.1 Å². The lowest BCUT2D eigenvalue weighted by Gasteiger charge is -2.29. The number of benzene rings is 1. The van der Waals surface area contributed by atoms with Gasteiger partial charge < -0.3 is 19.2 Å². The summed E-state index contributed by atoms with van der Waals surface area (Å²) in [4.78, 5) is 39.3. The van der Waals surface area contributed by atoms with Crippen molar-refractivity contribution in [2.24, 2.45) is 0 Å². The number of carbonyl (C=O) groups is 2. The number of amides is 1. The number of fused-ring (bicyclic) bond motifs is 1. The standard InChI is InChI=1S/C18H18BrF3N2O7/c1-10-7-13(19)8-12-9-14(16(18(20,21)22)31-15(10)12)17(26)29-5-3-23(11(2)25)4-6-30-24(27)28/h7-9,16H,3-6H2,1-2H3/t16-/m0/s1. The van der Waals surface area contributed by atoms with Gasteiger partial charge in [-0.25, -0.2) is 4.79 Å². The van der Waals surface area contributed by atoms with Gasteiger partial charge in [-0.05, 0) is 30.7 Å². The Balaban J connectivity index is 2.12. The molecule has 0 saturated carbocycles. The van der Waals surface area contributed by atoms with E-state index >= 15 is 0 Å². The number of hydrogen-bond donors (Lipinski definition) is 0. The zero-order chi connectivity index (χ0) is 23.3. The van der Waals surface area contributed by atoms with E-state index in [-0.39, 0.29) is 24.4 Å². The molecule has 0 aliphatic carbocycles. The van der Waals surface area contributed by atoms with Gasteiger partial charge in [0.2, 0.25) is 12.0 Å². The molecule has 0 spiro atoms. The molecule has 1 heterocycles. The first-order chi connectivity index (χ1) is 14.4. The molecule has 31 heavy (non-hydrogen) atoms. The van der Waals surface area contributed by atoms with Crippen molar-refractivity contribution in [2.45, 2.75) is 26.1 Å². The Kier molecular flexibility index (Phi) is 7.87. The van der Waals surface area contributed by atoms with Crippen molar-refractivity contribution in [3.63, 3.8) is 0 Å². The molecule has 0 unspecified atom stereocenters. The van der Waals surface area contributed by atoms with Gasteiger partial charge in [-0.3, -0.25) is 4.79 Å². The molecule has 1 aliphatic rings. The van der Waals surface area contributed by atoms with Gasteiger partial charge in [-0.2, -0.15) is 13.2 Å². The van der Waals surface area contributed by atoms with Gasteiger partial charge in [0.25, 0.3) is 5.09 Å². The highest BCUT2D eigenvalue weighted by molar-refractivity contribution is 9.10. The topological polar surface area (TPSA) is 108 Å². The monoisotopic (exact) mass is 510 g/mol. The van der Waals surface area contributed by atoms with Gasteiger partial charge in [-0.15, -0.1) is 10.1 Å². The third-order valence-electron chi connectivity index (χ3n) is 4.23. The number of hydrogen-bond acceptors (Lipinski definition) is 7. The molecule has 1 aliphatic heterocycles. The van der Waals surface area contributed by atoms with Crippen molar-refractivity contribution < 1.29 is 42.2 Å². The first kappa shape index (κ1) is 24.4. The minimum Gasteiger partial charge on any atom is -0.475 e. The van der Waals surface area contributed by atoms with E-state index in [0.29, 0.717) is 10.0 Å². The molecule has 1 aromatic carbocycles. The summed E-state index contributed by atoms with van der Waals surface area (Å²) in [5.74, 6) is -1.73. The van der Waals surface area contributed by atoms with Crippen LogP contribution in [0.4, 0.5) is 13.2 Å². The highest BCUT2D eigenvalue weighted by Gasteiger charge is 2.49. The SMILES string of the molecule is CC(=O)N(CCOC(=O)C1=Cc2cc(Br)cc(C)c2O[C@@H]1C(F)(F)F)CCO[N+](=O)[O-]. The molecule has 0 bridgehead atoms. The molecule has 2 rings (SSSR count). The maximum absolute atomic E-state index is 13.5. The lowest BCUT2D eigenvalue weighted by atomic mass is 9.99. The first-order valence-corrected chi connectivity index (χ1v) is 9.64. The van der Waals surface area contributed by atoms with Gasteiger partial charge in [0, 0.05) is 23.5 Å². The van der Waals surface area contributed by atoms with Crippen LogP contribution < -0.4 is 4.74 Å². The largest absolute Gasteiger partial charge is 0.475 e. The van der Waals surface area contributed by atoms with Crippen LogP contribution in [-0.2, 0) is 19.2 Å². The number of aryl methyl sites for hydroxylation is 1. The van der Waals surface area contributed by atoms with Crippen molar-refractivity contribution in [3.05, 3.63) is 43.4 Å². The Bertz CT molecular complexity index is 905. The van der Waals surface area contributed by atoms with E-state index in [9.17, 15) is 32.9 Å². The van der Waals surface area contributed by atoms with Crippen LogP contribution >= 0.6 is 15.9 Å². The fraction of sp³-hybridized carbons (Fsp3) is 0.444. The lowest BCUT2D eigenvalue weighted by Crippen LogP contribution is -2.41. The van der Waals surface area contributed by atoms with Crippen molar-refractivity contribution in [1.29, 1.82) is 0 Å². The quantitative estimate of drug-likeness (QED) is 0.300. The minimum absolute atomic E-state index is 0.00983. The van der Waals surface area contributed by atoms with Crippen molar-refractivity contribution >= 4 is 33.9 Å². The summed E-state index contributed by atoms with van der Waals surface area (Å²) in [5.41, 5.74) is 0.00140. The first-order valence-electron chi connectivity index (χ1n) is 8.85. The Morgan fingerprint density at radius 3 is 2.52 bits per heavy atom. The lowest BCUT2D eigenvalue weighted by molar-refractivity contribution is -0.757. The Labute approximate surface area is 183 Å². The number of nitrogens with zero attached hydrogens (tertiary/aromatic N) is 2. The highest BCUT2D eigenvalue weighted by atomic mass is 79.9. The molecule has 0 radical (unpaired) electrons. The Morgan fingerprint density at radius 2 is 1.94 bits per heavy atom. The molecule has 9 nitrogen and oxygen atoms in total. The summed E-state index contributed by atoms with van der Waals surface area (Å²) < 4.78 is 51.2. The van der Waals surface area contributed by atoms with E-state index in [1.165, 1.54) is 13.0 Å². The van der Waals surface area contributed by atoms with Gasteiger partial charge in [0.1, 0.15) is 19.0 Å². The summed E-state index contributed by atoms with van der Waals surface area (Å²) in [6.07, 6.45) is -6.32. The molecule has 0 saturated heterocycles. The number of halogens is 4. The fourth-order valence-electron chi connectivity index (χ4n) is 2.84. The molecule has 170 valence electrons. The predicted octanol–water partition coefficient (Wildman–Crippen LogP) is 3.06. The Hall–Kier alpha value is -2.83. The van der Waals surface area contributed by atoms with Crippen LogP contribution in [0.2, 0.25) is 0 Å². The second kappa shape index (κ2) is 9.98. The van der Waals surface area contributed by atoms with Crippen LogP contribution in [0.25, 0.3) is 6.08 Å². The van der Waals surface area contributed by atoms with Crippen LogP contribution in [0, 0.1) is 17.0 Å². The summed E-state index contributed by atoms with van der Waals surface area (Å²) in [5, 5.41) is 9.14. The fourth-order valence-corrected chi connectivity index (χ4v) is 3.43. The third-order valence-corrected chi connectivity index (χ3v) is 4.69. The smallest absolute Gasteiger partial charge is 0.430 e. The second-order valence-corrected chi connectivity index (χ2v) is 7.39. The molecule has 1 atom stereocenters. The minimum atomic E-state index is -4.87. The zero-order valence-electron chi connectivity index (χ0n) is 16.4. The van der Waals surface area contributed by atoms with E-state index in [0.717, 1.165) is 11.0 Å². The number of ether oxygens (including phenoxy) is 2. The van der Waals surface area contributed by atoms with Crippen molar-refractivity contribution in [3.8, 4) is 5.75 Å². The molecule has 0 fully saturated rings. The molecule has 0 N–H and O–H groups in total. The van der Waals surface area contributed by atoms with Crippen molar-refractivity contribution in [2.75, 3.05) is 26.3 Å². The maximum atomic E-state index is 13.5. The van der Waals surface area contributed by atoms with E-state index in [2.05, 4.69) is 20.8 Å². The molecule has 0 aromatic heterocycles. The Morgan fingerprint density at radius 1 is 1.29 bits per heavy atom. The van der Waals surface area contributed by atoms with E-state index in [1.807, 2.05) is 0 Å². The molecular weight excluding hydrogens is 493 g/mol. The van der Waals surface area contributed by atoms with E-state index in [4.69, 9.17) is 9.47 Å². The summed E-state index contributed by atoms with van der Waals surface area (Å²) in [7, 11) is 0. The number of carbonyl (C=O) groups excluding carboxylic acids is 2. The second-order valence-electron chi connectivity index (χ2n) is 6.48. The summed E-state index contributed by atoms with van der Waals surface area (Å²) in [6, 6.07) is 3.09. The van der Waals surface area contributed by atoms with Crippen LogP contribution in [0.3, 0.4) is 0 Å². The maximum Gasteiger partial charge on any atom is 0.430 e. The van der Waals surface area contributed by atoms with Crippen molar-refractivity contribution in [1.82, 2.24) is 4.90 Å². The predicted molar refractivity (Wildman–Crippen MR) is 103 cm³/mol. The van der Waals surface area contributed by atoms with Gasteiger partial charge in [-0.1, -0.05) is 15.9 Å². The van der Waals surface area contributed by atoms with E-state index in [1.54, 1.807) is 13.0 Å². The molecule has 1 amide bonds. The third kappa shape index (κ3) is 6.57. The average molecular weight is 511 g/mol. The summed E-state index contributed by atoms with van der Waals surface area (Å²) >= 11 is 3.24.